The van der Waals surface area contributed by atoms with Gasteiger partial charge in [0.1, 0.15) is 17.4 Å². The van der Waals surface area contributed by atoms with Gasteiger partial charge in [-0.2, -0.15) is 0 Å². The third kappa shape index (κ3) is 5.46. The first-order chi connectivity index (χ1) is 12.8. The quantitative estimate of drug-likeness (QED) is 0.752. The minimum absolute atomic E-state index is 0.117. The summed E-state index contributed by atoms with van der Waals surface area (Å²) in [7, 11) is -3.62. The van der Waals surface area contributed by atoms with Gasteiger partial charge in [0, 0.05) is 37.1 Å². The average Bonchev–Trinajstić information content (AvgIpc) is 2.59. The lowest BCUT2D eigenvalue weighted by Gasteiger charge is -2.31. The first-order valence-corrected chi connectivity index (χ1v) is 10.4. The Morgan fingerprint density at radius 2 is 1.81 bits per heavy atom. The van der Waals surface area contributed by atoms with Gasteiger partial charge >= 0.3 is 0 Å². The van der Waals surface area contributed by atoms with Crippen molar-refractivity contribution in [3.8, 4) is 5.75 Å². The number of sulfonamides is 1. The summed E-state index contributed by atoms with van der Waals surface area (Å²) in [5.41, 5.74) is 0.994. The van der Waals surface area contributed by atoms with E-state index < -0.39 is 27.4 Å². The Balaban J connectivity index is 1.53. The summed E-state index contributed by atoms with van der Waals surface area (Å²) in [6.45, 7) is 3.17. The zero-order chi connectivity index (χ0) is 19.4. The second kappa shape index (κ2) is 8.31. The van der Waals surface area contributed by atoms with Crippen molar-refractivity contribution in [3.63, 3.8) is 0 Å². The van der Waals surface area contributed by atoms with Crippen LogP contribution in [0.15, 0.2) is 36.5 Å². The van der Waals surface area contributed by atoms with Gasteiger partial charge in [-0.1, -0.05) is 0 Å². The lowest BCUT2D eigenvalue weighted by molar-refractivity contribution is 0.185. The Bertz CT molecular complexity index is 877. The molecule has 1 aliphatic heterocycles. The van der Waals surface area contributed by atoms with E-state index in [0.717, 1.165) is 29.6 Å². The normalized spacial score (nSPS) is 16.4. The van der Waals surface area contributed by atoms with Crippen LogP contribution in [0.2, 0.25) is 0 Å². The van der Waals surface area contributed by atoms with Crippen LogP contribution in [0, 0.1) is 24.5 Å². The summed E-state index contributed by atoms with van der Waals surface area (Å²) < 4.78 is 58.8. The molecule has 27 heavy (non-hydrogen) atoms. The smallest absolute Gasteiger partial charge is 0.218 e. The Hall–Kier alpha value is -2.06. The summed E-state index contributed by atoms with van der Waals surface area (Å²) in [5, 5.41) is 0. The molecule has 146 valence electrons. The van der Waals surface area contributed by atoms with Crippen LogP contribution in [0.1, 0.15) is 24.1 Å². The van der Waals surface area contributed by atoms with Crippen LogP contribution in [-0.2, 0) is 15.8 Å². The Labute approximate surface area is 158 Å². The molecule has 0 radical (unpaired) electrons. The van der Waals surface area contributed by atoms with Gasteiger partial charge in [-0.05, 0) is 49.4 Å². The van der Waals surface area contributed by atoms with Crippen LogP contribution >= 0.6 is 0 Å². The fourth-order valence-corrected chi connectivity index (χ4v) is 4.71. The van der Waals surface area contributed by atoms with E-state index >= 15 is 0 Å². The van der Waals surface area contributed by atoms with Crippen molar-refractivity contribution in [2.45, 2.75) is 25.5 Å². The van der Waals surface area contributed by atoms with Gasteiger partial charge in [-0.3, -0.25) is 4.98 Å². The number of ether oxygens (including phenoxy) is 1. The van der Waals surface area contributed by atoms with Gasteiger partial charge in [-0.25, -0.2) is 21.5 Å². The largest absolute Gasteiger partial charge is 0.493 e. The number of rotatable bonds is 6. The third-order valence-electron chi connectivity index (χ3n) is 4.59. The second-order valence-corrected chi connectivity index (χ2v) is 8.79. The number of hydrogen-bond acceptors (Lipinski definition) is 4. The predicted octanol–water partition coefficient (Wildman–Crippen LogP) is 3.29. The highest BCUT2D eigenvalue weighted by atomic mass is 32.2. The Kier molecular flexibility index (Phi) is 6.06. The first kappa shape index (κ1) is 19.7. The molecule has 0 atom stereocenters. The standard InChI is InChI=1S/C19H22F2N2O3S/c1-14-8-19(2-5-22-14)26-12-15-3-6-23(7-4-15)27(24,25)13-16-9-17(20)11-18(21)10-16/h2,5,8-11,15H,3-4,6-7,12-13H2,1H3. The molecule has 0 spiro atoms. The topological polar surface area (TPSA) is 59.5 Å². The van der Waals surface area contributed by atoms with Crippen LogP contribution in [0.3, 0.4) is 0 Å². The van der Waals surface area contributed by atoms with Crippen LogP contribution in [0.25, 0.3) is 0 Å². The summed E-state index contributed by atoms with van der Waals surface area (Å²) in [6.07, 6.45) is 3.05. The SMILES string of the molecule is Cc1cc(OCC2CCN(S(=O)(=O)Cc3cc(F)cc(F)c3)CC2)ccn1. The molecule has 1 fully saturated rings. The maximum Gasteiger partial charge on any atom is 0.218 e. The molecule has 0 amide bonds. The Morgan fingerprint density at radius 1 is 1.15 bits per heavy atom. The molecule has 1 aromatic heterocycles. The molecule has 2 aromatic rings. The van der Waals surface area contributed by atoms with E-state index in [4.69, 9.17) is 4.74 Å². The second-order valence-electron chi connectivity index (χ2n) is 6.82. The first-order valence-electron chi connectivity index (χ1n) is 8.80. The molecule has 0 saturated carbocycles. The maximum atomic E-state index is 13.3. The number of aromatic nitrogens is 1. The fourth-order valence-electron chi connectivity index (χ4n) is 3.17. The zero-order valence-corrected chi connectivity index (χ0v) is 15.9. The van der Waals surface area contributed by atoms with E-state index in [1.807, 2.05) is 13.0 Å². The van der Waals surface area contributed by atoms with Crippen LogP contribution in [0.5, 0.6) is 5.75 Å². The van der Waals surface area contributed by atoms with Crippen molar-refractivity contribution < 1.29 is 21.9 Å². The minimum atomic E-state index is -3.62. The van der Waals surface area contributed by atoms with Gasteiger partial charge < -0.3 is 4.74 Å². The zero-order valence-electron chi connectivity index (χ0n) is 15.1. The van der Waals surface area contributed by atoms with E-state index in [-0.39, 0.29) is 11.5 Å². The molecule has 5 nitrogen and oxygen atoms in total. The van der Waals surface area contributed by atoms with Gasteiger partial charge in [0.15, 0.2) is 0 Å². The molecule has 0 aliphatic carbocycles. The number of hydrogen-bond donors (Lipinski definition) is 0. The number of aryl methyl sites for hydroxylation is 1. The van der Waals surface area contributed by atoms with Crippen LogP contribution < -0.4 is 4.74 Å². The number of piperidine rings is 1. The molecular weight excluding hydrogens is 374 g/mol. The fraction of sp³-hybridized carbons (Fsp3) is 0.421. The molecule has 0 bridgehead atoms. The van der Waals surface area contributed by atoms with Crippen LogP contribution in [-0.4, -0.2) is 37.4 Å². The molecule has 1 aromatic carbocycles. The van der Waals surface area contributed by atoms with Crippen molar-refractivity contribution in [1.29, 1.82) is 0 Å². The van der Waals surface area contributed by atoms with E-state index in [1.54, 1.807) is 12.3 Å². The Morgan fingerprint density at radius 3 is 2.44 bits per heavy atom. The molecule has 3 rings (SSSR count). The predicted molar refractivity (Wildman–Crippen MR) is 97.7 cm³/mol. The molecule has 0 N–H and O–H groups in total. The molecule has 8 heteroatoms. The number of halogens is 2. The van der Waals surface area contributed by atoms with Gasteiger partial charge in [-0.15, -0.1) is 0 Å². The van der Waals surface area contributed by atoms with Crippen LogP contribution in [0.4, 0.5) is 8.78 Å². The number of benzene rings is 1. The molecule has 1 saturated heterocycles. The lowest BCUT2D eigenvalue weighted by Crippen LogP contribution is -2.40. The van der Waals surface area contributed by atoms with E-state index in [9.17, 15) is 17.2 Å². The summed E-state index contributed by atoms with van der Waals surface area (Å²) in [5.74, 6) is -0.939. The summed E-state index contributed by atoms with van der Waals surface area (Å²) in [4.78, 5) is 4.12. The highest BCUT2D eigenvalue weighted by molar-refractivity contribution is 7.88. The van der Waals surface area contributed by atoms with Gasteiger partial charge in [0.05, 0.1) is 12.4 Å². The maximum absolute atomic E-state index is 13.3. The minimum Gasteiger partial charge on any atom is -0.493 e. The van der Waals surface area contributed by atoms with Crippen molar-refractivity contribution >= 4 is 10.0 Å². The number of nitrogens with zero attached hydrogens (tertiary/aromatic N) is 2. The monoisotopic (exact) mass is 396 g/mol. The molecule has 1 aliphatic rings. The van der Waals surface area contributed by atoms with Crippen molar-refractivity contribution in [3.05, 3.63) is 59.4 Å². The van der Waals surface area contributed by atoms with Crippen molar-refractivity contribution in [2.24, 2.45) is 5.92 Å². The van der Waals surface area contributed by atoms with E-state index in [0.29, 0.717) is 32.5 Å². The lowest BCUT2D eigenvalue weighted by atomic mass is 9.99. The van der Waals surface area contributed by atoms with E-state index in [2.05, 4.69) is 4.98 Å². The van der Waals surface area contributed by atoms with Crippen molar-refractivity contribution in [1.82, 2.24) is 9.29 Å². The number of pyridine rings is 1. The highest BCUT2D eigenvalue weighted by Gasteiger charge is 2.28. The summed E-state index contributed by atoms with van der Waals surface area (Å²) in [6, 6.07) is 6.49. The molecular formula is C19H22F2N2O3S. The molecule has 0 unspecified atom stereocenters. The third-order valence-corrected chi connectivity index (χ3v) is 6.44. The van der Waals surface area contributed by atoms with E-state index in [1.165, 1.54) is 4.31 Å². The van der Waals surface area contributed by atoms with Gasteiger partial charge in [0.2, 0.25) is 10.0 Å². The van der Waals surface area contributed by atoms with Crippen molar-refractivity contribution in [2.75, 3.05) is 19.7 Å². The average molecular weight is 396 g/mol. The van der Waals surface area contributed by atoms with Gasteiger partial charge in [0.25, 0.3) is 0 Å². The molecule has 2 heterocycles. The highest BCUT2D eigenvalue weighted by Crippen LogP contribution is 2.23. The summed E-state index contributed by atoms with van der Waals surface area (Å²) >= 11 is 0.